The van der Waals surface area contributed by atoms with Crippen LogP contribution in [0.3, 0.4) is 0 Å². The van der Waals surface area contributed by atoms with Crippen LogP contribution in [0.4, 0.5) is 0 Å². The maximum Gasteiger partial charge on any atom is 0.139 e. The van der Waals surface area contributed by atoms with Gasteiger partial charge in [-0.2, -0.15) is 0 Å². The number of halogens is 1. The van der Waals surface area contributed by atoms with Crippen LogP contribution >= 0.6 is 28.1 Å². The van der Waals surface area contributed by atoms with Gasteiger partial charge in [0, 0.05) is 27.4 Å². The van der Waals surface area contributed by atoms with Gasteiger partial charge in [-0.15, -0.1) is 0 Å². The summed E-state index contributed by atoms with van der Waals surface area (Å²) >= 11 is 9.49. The Morgan fingerprint density at radius 2 is 1.48 bits per heavy atom. The van der Waals surface area contributed by atoms with Gasteiger partial charge in [-0.1, -0.05) is 88.8 Å². The van der Waals surface area contributed by atoms with Crippen LogP contribution in [0.1, 0.15) is 11.1 Å². The molecule has 3 aromatic carbocycles. The highest BCUT2D eigenvalue weighted by atomic mass is 79.9. The van der Waals surface area contributed by atoms with Crippen LogP contribution in [-0.4, -0.2) is 0 Å². The lowest BCUT2D eigenvalue weighted by Gasteiger charge is -2.12. The normalized spacial score (nSPS) is 10.9. The SMILES string of the molecule is S=c1c(Cc2ccccc2Br)c(-c2ccccc2)oc2ccccc12. The lowest BCUT2D eigenvalue weighted by molar-refractivity contribution is 0.612. The molecule has 25 heavy (non-hydrogen) atoms. The Labute approximate surface area is 160 Å². The first-order valence-corrected chi connectivity index (χ1v) is 9.28. The summed E-state index contributed by atoms with van der Waals surface area (Å²) in [6.07, 6.45) is 0.721. The average molecular weight is 407 g/mol. The average Bonchev–Trinajstić information content (AvgIpc) is 2.66. The topological polar surface area (TPSA) is 13.1 Å². The van der Waals surface area contributed by atoms with Crippen molar-refractivity contribution in [2.45, 2.75) is 6.42 Å². The molecule has 4 aromatic rings. The second-order valence-electron chi connectivity index (χ2n) is 5.87. The Morgan fingerprint density at radius 1 is 0.800 bits per heavy atom. The van der Waals surface area contributed by atoms with E-state index in [2.05, 4.69) is 40.2 Å². The van der Waals surface area contributed by atoms with Gasteiger partial charge in [-0.05, 0) is 23.8 Å². The van der Waals surface area contributed by atoms with E-state index >= 15 is 0 Å². The molecule has 0 amide bonds. The van der Waals surface area contributed by atoms with Gasteiger partial charge in [0.2, 0.25) is 0 Å². The Morgan fingerprint density at radius 3 is 2.28 bits per heavy atom. The maximum absolute atomic E-state index is 6.29. The molecule has 122 valence electrons. The van der Waals surface area contributed by atoms with Crippen molar-refractivity contribution in [3.8, 4) is 11.3 Å². The highest BCUT2D eigenvalue weighted by Crippen LogP contribution is 2.33. The Balaban J connectivity index is 1.99. The molecule has 3 heteroatoms. The van der Waals surface area contributed by atoms with Gasteiger partial charge in [-0.3, -0.25) is 0 Å². The lowest BCUT2D eigenvalue weighted by atomic mass is 9.99. The van der Waals surface area contributed by atoms with Crippen LogP contribution in [0.2, 0.25) is 0 Å². The molecule has 0 N–H and O–H groups in total. The largest absolute Gasteiger partial charge is 0.456 e. The standard InChI is InChI=1S/C22H15BrOS/c23-19-12-6-4-10-16(19)14-18-21(15-8-2-1-3-9-15)24-20-13-7-5-11-17(20)22(18)25/h1-13H,14H2. The van der Waals surface area contributed by atoms with Crippen molar-refractivity contribution < 1.29 is 4.42 Å². The first-order chi connectivity index (χ1) is 12.2. The summed E-state index contributed by atoms with van der Waals surface area (Å²) < 4.78 is 8.23. The van der Waals surface area contributed by atoms with Gasteiger partial charge in [0.1, 0.15) is 11.3 Å². The molecule has 1 nitrogen and oxygen atoms in total. The quantitative estimate of drug-likeness (QED) is 0.334. The zero-order chi connectivity index (χ0) is 17.2. The molecular formula is C22H15BrOS. The number of hydrogen-bond acceptors (Lipinski definition) is 2. The molecule has 0 radical (unpaired) electrons. The Hall–Kier alpha value is -2.23. The monoisotopic (exact) mass is 406 g/mol. The summed E-state index contributed by atoms with van der Waals surface area (Å²) in [4.78, 5) is 0. The summed E-state index contributed by atoms with van der Waals surface area (Å²) in [5.41, 5.74) is 4.10. The molecule has 0 fully saturated rings. The van der Waals surface area contributed by atoms with E-state index in [0.29, 0.717) is 0 Å². The molecule has 0 atom stereocenters. The fourth-order valence-electron chi connectivity index (χ4n) is 3.00. The Bertz CT molecular complexity index is 1100. The summed E-state index contributed by atoms with van der Waals surface area (Å²) in [6, 6.07) is 26.4. The second-order valence-corrected chi connectivity index (χ2v) is 7.13. The van der Waals surface area contributed by atoms with Gasteiger partial charge in [0.25, 0.3) is 0 Å². The first-order valence-electron chi connectivity index (χ1n) is 8.07. The van der Waals surface area contributed by atoms with Gasteiger partial charge in [0.05, 0.1) is 4.51 Å². The van der Waals surface area contributed by atoms with Crippen molar-refractivity contribution in [2.75, 3.05) is 0 Å². The molecule has 0 aliphatic carbocycles. The predicted octanol–water partition coefficient (Wildman–Crippen LogP) is 7.18. The third kappa shape index (κ3) is 3.17. The molecule has 0 aliphatic rings. The highest BCUT2D eigenvalue weighted by Gasteiger charge is 2.15. The minimum atomic E-state index is 0.721. The van der Waals surface area contributed by atoms with E-state index in [9.17, 15) is 0 Å². The van der Waals surface area contributed by atoms with Gasteiger partial charge in [0.15, 0.2) is 0 Å². The number of fused-ring (bicyclic) bond motifs is 1. The van der Waals surface area contributed by atoms with Gasteiger partial charge < -0.3 is 4.42 Å². The van der Waals surface area contributed by atoms with Crippen molar-refractivity contribution in [3.63, 3.8) is 0 Å². The molecule has 0 unspecified atom stereocenters. The summed E-state index contributed by atoms with van der Waals surface area (Å²) in [7, 11) is 0. The summed E-state index contributed by atoms with van der Waals surface area (Å²) in [5.74, 6) is 0.847. The van der Waals surface area contributed by atoms with E-state index in [1.165, 1.54) is 5.56 Å². The van der Waals surface area contributed by atoms with Crippen molar-refractivity contribution in [1.82, 2.24) is 0 Å². The molecular weight excluding hydrogens is 392 g/mol. The number of benzene rings is 3. The maximum atomic E-state index is 6.29. The van der Waals surface area contributed by atoms with Crippen LogP contribution in [0.15, 0.2) is 87.8 Å². The summed E-state index contributed by atoms with van der Waals surface area (Å²) in [6.45, 7) is 0. The van der Waals surface area contributed by atoms with E-state index < -0.39 is 0 Å². The van der Waals surface area contributed by atoms with E-state index in [-0.39, 0.29) is 0 Å². The third-order valence-corrected chi connectivity index (χ3v) is 5.49. The Kier molecular flexibility index (Phi) is 4.51. The van der Waals surface area contributed by atoms with Crippen LogP contribution < -0.4 is 0 Å². The highest BCUT2D eigenvalue weighted by molar-refractivity contribution is 9.10. The van der Waals surface area contributed by atoms with Crippen LogP contribution in [0.5, 0.6) is 0 Å². The lowest BCUT2D eigenvalue weighted by Crippen LogP contribution is -1.96. The third-order valence-electron chi connectivity index (χ3n) is 4.25. The fraction of sp³-hybridized carbons (Fsp3) is 0.0455. The first kappa shape index (κ1) is 16.2. The second kappa shape index (κ2) is 6.95. The molecule has 0 aliphatic heterocycles. The predicted molar refractivity (Wildman–Crippen MR) is 109 cm³/mol. The molecule has 0 bridgehead atoms. The smallest absolute Gasteiger partial charge is 0.139 e. The van der Waals surface area contributed by atoms with Crippen molar-refractivity contribution in [3.05, 3.63) is 99.0 Å². The summed E-state index contributed by atoms with van der Waals surface area (Å²) in [5, 5.41) is 0.985. The van der Waals surface area contributed by atoms with Crippen molar-refractivity contribution >= 4 is 39.1 Å². The van der Waals surface area contributed by atoms with Crippen molar-refractivity contribution in [2.24, 2.45) is 0 Å². The fourth-order valence-corrected chi connectivity index (χ4v) is 3.75. The van der Waals surface area contributed by atoms with Gasteiger partial charge >= 0.3 is 0 Å². The molecule has 0 spiro atoms. The van der Waals surface area contributed by atoms with Crippen LogP contribution in [0.25, 0.3) is 22.3 Å². The van der Waals surface area contributed by atoms with Crippen molar-refractivity contribution in [1.29, 1.82) is 0 Å². The molecule has 4 rings (SSSR count). The van der Waals surface area contributed by atoms with E-state index in [1.807, 2.05) is 54.6 Å². The molecule has 1 heterocycles. The molecule has 0 saturated carbocycles. The minimum Gasteiger partial charge on any atom is -0.456 e. The van der Waals surface area contributed by atoms with E-state index in [0.717, 1.165) is 43.3 Å². The van der Waals surface area contributed by atoms with Crippen LogP contribution in [-0.2, 0) is 6.42 Å². The van der Waals surface area contributed by atoms with E-state index in [1.54, 1.807) is 0 Å². The zero-order valence-corrected chi connectivity index (χ0v) is 15.8. The number of rotatable bonds is 3. The van der Waals surface area contributed by atoms with Crippen LogP contribution in [0, 0.1) is 4.51 Å². The molecule has 1 aromatic heterocycles. The minimum absolute atomic E-state index is 0.721. The molecule has 0 saturated heterocycles. The number of hydrogen-bond donors (Lipinski definition) is 0. The van der Waals surface area contributed by atoms with E-state index in [4.69, 9.17) is 16.6 Å². The zero-order valence-electron chi connectivity index (χ0n) is 13.4. The van der Waals surface area contributed by atoms with Gasteiger partial charge in [-0.25, -0.2) is 0 Å². The number of para-hydroxylation sites is 1.